The topological polar surface area (TPSA) is 33.1 Å². The largest absolute Gasteiger partial charge is 0.307 e. The van der Waals surface area contributed by atoms with Gasteiger partial charge in [-0.05, 0) is 46.7 Å². The maximum Gasteiger partial charge on any atom is 0.0537 e. The van der Waals surface area contributed by atoms with Crippen molar-refractivity contribution in [1.29, 1.82) is 0 Å². The van der Waals surface area contributed by atoms with Crippen LogP contribution < -0.4 is 5.32 Å². The first kappa shape index (κ1) is 13.6. The van der Waals surface area contributed by atoms with Crippen LogP contribution in [0.5, 0.6) is 0 Å². The van der Waals surface area contributed by atoms with Crippen LogP contribution in [0.2, 0.25) is 0 Å². The zero-order valence-electron chi connectivity index (χ0n) is 12.1. The Hall–Kier alpha value is -0.870. The number of aromatic nitrogens is 2. The Morgan fingerprint density at radius 3 is 2.44 bits per heavy atom. The first-order valence-electron chi connectivity index (χ1n) is 7.05. The minimum Gasteiger partial charge on any atom is -0.307 e. The molecular formula is C14H26N4. The first-order valence-corrected chi connectivity index (χ1v) is 7.05. The van der Waals surface area contributed by atoms with E-state index in [4.69, 9.17) is 0 Å². The van der Waals surface area contributed by atoms with Crippen LogP contribution in [0.3, 0.4) is 0 Å². The van der Waals surface area contributed by atoms with Gasteiger partial charge in [-0.25, -0.2) is 0 Å². The Morgan fingerprint density at radius 1 is 1.28 bits per heavy atom. The molecule has 18 heavy (non-hydrogen) atoms. The second-order valence-corrected chi connectivity index (χ2v) is 5.74. The average molecular weight is 250 g/mol. The van der Waals surface area contributed by atoms with E-state index in [9.17, 15) is 0 Å². The summed E-state index contributed by atoms with van der Waals surface area (Å²) in [6, 6.07) is 1.73. The zero-order chi connectivity index (χ0) is 13.1. The van der Waals surface area contributed by atoms with Gasteiger partial charge in [-0.2, -0.15) is 5.10 Å². The molecule has 0 saturated carbocycles. The van der Waals surface area contributed by atoms with Crippen LogP contribution in [-0.4, -0.2) is 39.9 Å². The highest BCUT2D eigenvalue weighted by Gasteiger charge is 2.22. The minimum absolute atomic E-state index is 0.397. The van der Waals surface area contributed by atoms with Crippen LogP contribution in [0.25, 0.3) is 0 Å². The normalized spacial score (nSPS) is 20.5. The van der Waals surface area contributed by atoms with Gasteiger partial charge in [0.1, 0.15) is 0 Å². The Labute approximate surface area is 110 Å². The molecule has 1 aromatic rings. The van der Waals surface area contributed by atoms with E-state index in [1.807, 2.05) is 17.9 Å². The van der Waals surface area contributed by atoms with Gasteiger partial charge < -0.3 is 10.2 Å². The van der Waals surface area contributed by atoms with Crippen molar-refractivity contribution >= 4 is 0 Å². The summed E-state index contributed by atoms with van der Waals surface area (Å²) in [6.07, 6.45) is 6.56. The molecule has 0 aliphatic carbocycles. The van der Waals surface area contributed by atoms with Crippen molar-refractivity contribution in [3.05, 3.63) is 18.0 Å². The third-order valence-corrected chi connectivity index (χ3v) is 3.97. The molecule has 2 rings (SSSR count). The third-order valence-electron chi connectivity index (χ3n) is 3.97. The summed E-state index contributed by atoms with van der Waals surface area (Å²) in [7, 11) is 1.97. The second kappa shape index (κ2) is 5.85. The molecule has 1 unspecified atom stereocenters. The van der Waals surface area contributed by atoms with Gasteiger partial charge in [0.05, 0.1) is 6.20 Å². The summed E-state index contributed by atoms with van der Waals surface area (Å²) >= 11 is 0. The number of hydrogen-bond acceptors (Lipinski definition) is 3. The van der Waals surface area contributed by atoms with Crippen molar-refractivity contribution in [2.75, 3.05) is 13.1 Å². The van der Waals surface area contributed by atoms with Gasteiger partial charge in [-0.3, -0.25) is 4.68 Å². The maximum atomic E-state index is 4.23. The second-order valence-electron chi connectivity index (χ2n) is 5.74. The molecule has 0 aromatic carbocycles. The summed E-state index contributed by atoms with van der Waals surface area (Å²) in [5.74, 6) is 0. The lowest BCUT2D eigenvalue weighted by Gasteiger charge is -2.36. The fraction of sp³-hybridized carbons (Fsp3) is 0.786. The van der Waals surface area contributed by atoms with E-state index in [1.54, 1.807) is 0 Å². The van der Waals surface area contributed by atoms with Crippen LogP contribution in [0.15, 0.2) is 12.4 Å². The predicted octanol–water partition coefficient (Wildman–Crippen LogP) is 1.94. The molecule has 1 N–H and O–H groups in total. The molecule has 1 aliphatic rings. The van der Waals surface area contributed by atoms with E-state index >= 15 is 0 Å². The molecule has 1 atom stereocenters. The summed E-state index contributed by atoms with van der Waals surface area (Å²) in [4.78, 5) is 2.56. The van der Waals surface area contributed by atoms with E-state index in [1.165, 1.54) is 31.5 Å². The first-order chi connectivity index (χ1) is 8.56. The van der Waals surface area contributed by atoms with Crippen LogP contribution in [0.4, 0.5) is 0 Å². The zero-order valence-corrected chi connectivity index (χ0v) is 12.1. The Kier molecular flexibility index (Phi) is 4.40. The summed E-state index contributed by atoms with van der Waals surface area (Å²) < 4.78 is 1.87. The molecule has 0 amide bonds. The summed E-state index contributed by atoms with van der Waals surface area (Å²) in [5.41, 5.74) is 1.28. The Balaban J connectivity index is 1.81. The number of nitrogens with zero attached hydrogens (tertiary/aromatic N) is 3. The number of likely N-dealkylation sites (tertiary alicyclic amines) is 1. The average Bonchev–Trinajstić information content (AvgIpc) is 2.76. The predicted molar refractivity (Wildman–Crippen MR) is 74.5 cm³/mol. The number of rotatable bonds is 4. The highest BCUT2D eigenvalue weighted by molar-refractivity contribution is 5.09. The van der Waals surface area contributed by atoms with Crippen LogP contribution in [0, 0.1) is 0 Å². The van der Waals surface area contributed by atoms with Crippen molar-refractivity contribution in [2.24, 2.45) is 7.05 Å². The van der Waals surface area contributed by atoms with E-state index < -0.39 is 0 Å². The van der Waals surface area contributed by atoms with E-state index in [2.05, 4.69) is 42.3 Å². The monoisotopic (exact) mass is 250 g/mol. The highest BCUT2D eigenvalue weighted by atomic mass is 15.2. The van der Waals surface area contributed by atoms with Gasteiger partial charge in [0.2, 0.25) is 0 Å². The van der Waals surface area contributed by atoms with Crippen LogP contribution in [0.1, 0.15) is 45.2 Å². The number of nitrogens with one attached hydrogen (secondary N) is 1. The van der Waals surface area contributed by atoms with E-state index in [0.29, 0.717) is 18.1 Å². The quantitative estimate of drug-likeness (QED) is 0.886. The lowest BCUT2D eigenvalue weighted by atomic mass is 10.0. The van der Waals surface area contributed by atoms with Crippen molar-refractivity contribution in [3.63, 3.8) is 0 Å². The van der Waals surface area contributed by atoms with Crippen molar-refractivity contribution in [3.8, 4) is 0 Å². The molecule has 102 valence electrons. The summed E-state index contributed by atoms with van der Waals surface area (Å²) in [6.45, 7) is 9.23. The standard InChI is InChI=1S/C14H26N4/c1-11(2)18-7-5-14(6-8-18)16-12(3)13-9-15-17(4)10-13/h9-12,14,16H,5-8H2,1-4H3. The molecule has 0 bridgehead atoms. The molecule has 2 heterocycles. The molecule has 4 heteroatoms. The molecule has 1 aliphatic heterocycles. The lowest BCUT2D eigenvalue weighted by molar-refractivity contribution is 0.157. The van der Waals surface area contributed by atoms with Gasteiger partial charge >= 0.3 is 0 Å². The molecule has 1 fully saturated rings. The lowest BCUT2D eigenvalue weighted by Crippen LogP contribution is -2.45. The molecule has 0 radical (unpaired) electrons. The van der Waals surface area contributed by atoms with Crippen molar-refractivity contribution in [1.82, 2.24) is 20.0 Å². The fourth-order valence-corrected chi connectivity index (χ4v) is 2.70. The van der Waals surface area contributed by atoms with E-state index in [0.717, 1.165) is 0 Å². The smallest absolute Gasteiger partial charge is 0.0537 e. The SMILES string of the molecule is CC(NC1CCN(C(C)C)CC1)c1cnn(C)c1. The molecule has 4 nitrogen and oxygen atoms in total. The fourth-order valence-electron chi connectivity index (χ4n) is 2.70. The molecule has 0 spiro atoms. The minimum atomic E-state index is 0.397. The maximum absolute atomic E-state index is 4.23. The third kappa shape index (κ3) is 3.33. The van der Waals surface area contributed by atoms with Gasteiger partial charge in [-0.15, -0.1) is 0 Å². The van der Waals surface area contributed by atoms with Gasteiger partial charge in [0.15, 0.2) is 0 Å². The molecule has 1 saturated heterocycles. The highest BCUT2D eigenvalue weighted by Crippen LogP contribution is 2.17. The Bertz CT molecular complexity index is 364. The Morgan fingerprint density at radius 2 is 1.94 bits per heavy atom. The number of hydrogen-bond donors (Lipinski definition) is 1. The van der Waals surface area contributed by atoms with Crippen molar-refractivity contribution < 1.29 is 0 Å². The number of piperidine rings is 1. The molecular weight excluding hydrogens is 224 g/mol. The van der Waals surface area contributed by atoms with Crippen molar-refractivity contribution in [2.45, 2.75) is 51.7 Å². The number of aryl methyl sites for hydroxylation is 1. The van der Waals surface area contributed by atoms with Gasteiger partial charge in [0, 0.05) is 36.9 Å². The summed E-state index contributed by atoms with van der Waals surface area (Å²) in [5, 5.41) is 7.96. The van der Waals surface area contributed by atoms with E-state index in [-0.39, 0.29) is 0 Å². The van der Waals surface area contributed by atoms with Gasteiger partial charge in [0.25, 0.3) is 0 Å². The van der Waals surface area contributed by atoms with Crippen LogP contribution >= 0.6 is 0 Å². The van der Waals surface area contributed by atoms with Gasteiger partial charge in [-0.1, -0.05) is 0 Å². The molecule has 1 aromatic heterocycles. The van der Waals surface area contributed by atoms with Crippen LogP contribution in [-0.2, 0) is 7.05 Å².